The van der Waals surface area contributed by atoms with Crippen LogP contribution >= 0.6 is 25.3 Å². The Hall–Kier alpha value is -0.360. The highest BCUT2D eigenvalue weighted by atomic mass is 32.1. The molecule has 0 bridgehead atoms. The third-order valence-corrected chi connectivity index (χ3v) is 2.52. The maximum atomic E-state index is 10.8. The van der Waals surface area contributed by atoms with Gasteiger partial charge in [-0.05, 0) is 24.3 Å². The van der Waals surface area contributed by atoms with Gasteiger partial charge in [0, 0.05) is 0 Å². The van der Waals surface area contributed by atoms with Gasteiger partial charge < -0.3 is 10.2 Å². The number of hydrogen-bond donors (Lipinski definition) is 4. The topological polar surface area (TPSA) is 74.6 Å². The number of carboxylic acid groups (broad SMARTS) is 2. The van der Waals surface area contributed by atoms with Crippen LogP contribution in [0.15, 0.2) is 0 Å². The van der Waals surface area contributed by atoms with E-state index in [-0.39, 0.29) is 12.8 Å². The van der Waals surface area contributed by atoms with Crippen LogP contribution in [-0.2, 0) is 9.59 Å². The fourth-order valence-corrected chi connectivity index (χ4v) is 1.83. The number of hydrogen-bond acceptors (Lipinski definition) is 4. The molecule has 0 aromatic carbocycles. The predicted octanol–water partition coefficient (Wildman–Crippen LogP) is 1.03. The smallest absolute Gasteiger partial charge is 0.307 e. The summed E-state index contributed by atoms with van der Waals surface area (Å²) in [6.45, 7) is 0. The summed E-state index contributed by atoms with van der Waals surface area (Å²) in [5.41, 5.74) is 0. The van der Waals surface area contributed by atoms with Gasteiger partial charge in [0.25, 0.3) is 0 Å². The Balaban J connectivity index is 4.54. The van der Waals surface area contributed by atoms with Crippen molar-refractivity contribution in [3.05, 3.63) is 0 Å². The van der Waals surface area contributed by atoms with Crippen molar-refractivity contribution in [2.24, 2.45) is 11.8 Å². The van der Waals surface area contributed by atoms with E-state index in [1.54, 1.807) is 0 Å². The molecule has 0 rings (SSSR count). The van der Waals surface area contributed by atoms with E-state index in [1.165, 1.54) is 0 Å². The number of carbonyl (C=O) groups is 2. The van der Waals surface area contributed by atoms with Crippen LogP contribution in [0, 0.1) is 11.8 Å². The molecule has 0 saturated heterocycles. The molecule has 14 heavy (non-hydrogen) atoms. The molecule has 0 aliphatic heterocycles. The van der Waals surface area contributed by atoms with Gasteiger partial charge in [-0.2, -0.15) is 25.3 Å². The Bertz CT molecular complexity index is 186. The van der Waals surface area contributed by atoms with E-state index < -0.39 is 23.8 Å². The standard InChI is InChI=1S/C8H14O4S2/c9-7(10)5(1-3-13)6(2-4-14)8(11)12/h5-6,13-14H,1-4H2,(H,9,10)(H,11,12). The van der Waals surface area contributed by atoms with E-state index in [2.05, 4.69) is 25.3 Å². The molecule has 0 heterocycles. The zero-order valence-electron chi connectivity index (χ0n) is 7.59. The number of thiol groups is 2. The molecule has 0 saturated carbocycles. The van der Waals surface area contributed by atoms with Gasteiger partial charge in [-0.25, -0.2) is 0 Å². The SMILES string of the molecule is O=C(O)C(CCS)C(CCS)C(=O)O. The van der Waals surface area contributed by atoms with Crippen molar-refractivity contribution in [1.82, 2.24) is 0 Å². The third-order valence-electron chi connectivity index (χ3n) is 2.00. The molecule has 2 N–H and O–H groups in total. The van der Waals surface area contributed by atoms with E-state index in [4.69, 9.17) is 10.2 Å². The van der Waals surface area contributed by atoms with Crippen LogP contribution in [0.1, 0.15) is 12.8 Å². The van der Waals surface area contributed by atoms with Crippen molar-refractivity contribution in [1.29, 1.82) is 0 Å². The molecule has 0 fully saturated rings. The summed E-state index contributed by atoms with van der Waals surface area (Å²) in [5.74, 6) is -3.14. The third kappa shape index (κ3) is 4.23. The molecule has 0 aromatic heterocycles. The Morgan fingerprint density at radius 1 is 0.929 bits per heavy atom. The second-order valence-corrected chi connectivity index (χ2v) is 3.81. The van der Waals surface area contributed by atoms with E-state index >= 15 is 0 Å². The molecule has 2 unspecified atom stereocenters. The van der Waals surface area contributed by atoms with Gasteiger partial charge in [-0.3, -0.25) is 9.59 Å². The summed E-state index contributed by atoms with van der Waals surface area (Å²) in [4.78, 5) is 21.6. The predicted molar refractivity (Wildman–Crippen MR) is 59.2 cm³/mol. The molecule has 0 aliphatic rings. The first-order valence-electron chi connectivity index (χ1n) is 4.22. The molecular weight excluding hydrogens is 224 g/mol. The minimum absolute atomic E-state index is 0.267. The Morgan fingerprint density at radius 2 is 1.21 bits per heavy atom. The summed E-state index contributed by atoms with van der Waals surface area (Å²) in [6.07, 6.45) is 0.534. The molecular formula is C8H14O4S2. The number of carboxylic acids is 2. The maximum Gasteiger partial charge on any atom is 0.307 e. The minimum Gasteiger partial charge on any atom is -0.481 e. The molecule has 2 atom stereocenters. The second-order valence-electron chi connectivity index (χ2n) is 2.91. The van der Waals surface area contributed by atoms with E-state index in [9.17, 15) is 9.59 Å². The highest BCUT2D eigenvalue weighted by Crippen LogP contribution is 2.21. The van der Waals surface area contributed by atoms with Crippen molar-refractivity contribution >= 4 is 37.2 Å². The second kappa shape index (κ2) is 7.00. The highest BCUT2D eigenvalue weighted by Gasteiger charge is 2.32. The monoisotopic (exact) mass is 238 g/mol. The lowest BCUT2D eigenvalue weighted by Crippen LogP contribution is -2.30. The van der Waals surface area contributed by atoms with Crippen molar-refractivity contribution in [3.63, 3.8) is 0 Å². The Morgan fingerprint density at radius 3 is 1.36 bits per heavy atom. The zero-order valence-corrected chi connectivity index (χ0v) is 9.38. The lowest BCUT2D eigenvalue weighted by Gasteiger charge is -2.18. The first kappa shape index (κ1) is 13.6. The average molecular weight is 238 g/mol. The molecule has 4 nitrogen and oxygen atoms in total. The zero-order chi connectivity index (χ0) is 11.1. The first-order chi connectivity index (χ1) is 6.54. The van der Waals surface area contributed by atoms with Crippen LogP contribution in [0.25, 0.3) is 0 Å². The van der Waals surface area contributed by atoms with Crippen molar-refractivity contribution in [2.75, 3.05) is 11.5 Å². The van der Waals surface area contributed by atoms with E-state index in [0.717, 1.165) is 0 Å². The fourth-order valence-electron chi connectivity index (χ4n) is 1.27. The van der Waals surface area contributed by atoms with E-state index in [1.807, 2.05) is 0 Å². The molecule has 82 valence electrons. The van der Waals surface area contributed by atoms with Crippen LogP contribution in [-0.4, -0.2) is 33.7 Å². The lowest BCUT2D eigenvalue weighted by molar-refractivity contribution is -0.153. The summed E-state index contributed by atoms with van der Waals surface area (Å²) >= 11 is 7.82. The van der Waals surface area contributed by atoms with Gasteiger partial charge in [-0.15, -0.1) is 0 Å². The first-order valence-corrected chi connectivity index (χ1v) is 5.48. The minimum atomic E-state index is -1.08. The summed E-state index contributed by atoms with van der Waals surface area (Å²) in [6, 6.07) is 0. The molecule has 0 radical (unpaired) electrons. The summed E-state index contributed by atoms with van der Waals surface area (Å²) in [7, 11) is 0. The van der Waals surface area contributed by atoms with Crippen LogP contribution < -0.4 is 0 Å². The lowest BCUT2D eigenvalue weighted by atomic mass is 9.88. The van der Waals surface area contributed by atoms with Gasteiger partial charge in [0.05, 0.1) is 11.8 Å². The molecule has 0 spiro atoms. The van der Waals surface area contributed by atoms with Crippen LogP contribution in [0.5, 0.6) is 0 Å². The van der Waals surface area contributed by atoms with Gasteiger partial charge >= 0.3 is 11.9 Å². The molecule has 0 amide bonds. The normalized spacial score (nSPS) is 14.7. The Labute approximate surface area is 93.5 Å². The van der Waals surface area contributed by atoms with Gasteiger partial charge in [0.2, 0.25) is 0 Å². The highest BCUT2D eigenvalue weighted by molar-refractivity contribution is 7.80. The molecule has 0 aromatic rings. The quantitative estimate of drug-likeness (QED) is 0.500. The molecule has 0 aliphatic carbocycles. The van der Waals surface area contributed by atoms with Crippen LogP contribution in [0.3, 0.4) is 0 Å². The average Bonchev–Trinajstić information content (AvgIpc) is 2.10. The van der Waals surface area contributed by atoms with Crippen LogP contribution in [0.4, 0.5) is 0 Å². The van der Waals surface area contributed by atoms with Gasteiger partial charge in [0.1, 0.15) is 0 Å². The van der Waals surface area contributed by atoms with Crippen LogP contribution in [0.2, 0.25) is 0 Å². The van der Waals surface area contributed by atoms with Gasteiger partial charge in [0.15, 0.2) is 0 Å². The summed E-state index contributed by atoms with van der Waals surface area (Å²) < 4.78 is 0. The van der Waals surface area contributed by atoms with E-state index in [0.29, 0.717) is 11.5 Å². The maximum absolute atomic E-state index is 10.8. The molecule has 6 heteroatoms. The largest absolute Gasteiger partial charge is 0.481 e. The van der Waals surface area contributed by atoms with Crippen molar-refractivity contribution in [3.8, 4) is 0 Å². The Kier molecular flexibility index (Phi) is 6.82. The summed E-state index contributed by atoms with van der Waals surface area (Å²) in [5, 5.41) is 17.7. The van der Waals surface area contributed by atoms with Crippen molar-refractivity contribution < 1.29 is 19.8 Å². The van der Waals surface area contributed by atoms with Gasteiger partial charge in [-0.1, -0.05) is 0 Å². The number of rotatable bonds is 7. The number of aliphatic carboxylic acids is 2. The fraction of sp³-hybridized carbons (Fsp3) is 0.750. The van der Waals surface area contributed by atoms with Crippen molar-refractivity contribution in [2.45, 2.75) is 12.8 Å².